The summed E-state index contributed by atoms with van der Waals surface area (Å²) in [6, 6.07) is 18.0. The van der Waals surface area contributed by atoms with Crippen molar-refractivity contribution in [1.29, 1.82) is 0 Å². The Hall–Kier alpha value is -3.18. The molecule has 0 saturated heterocycles. The van der Waals surface area contributed by atoms with E-state index < -0.39 is 0 Å². The standard InChI is InChI=1S/C65H104N2/c1-5-9-13-17-20-21-22-23-24-25-26-27-28-29-30-31-32-33-34-35-36-37-41-45-55-63-62(54-44-38-16-12-8-4)64(60-52-46-50-58(56-60)48-42-39-18-14-10-6-2)67(66)65(63)61-53-47-51-59(57-61)49-43-40-19-15-11-7-3/h45-47,50-53,55-57H,5-43,48-49H2,1-4H3. The van der Waals surface area contributed by atoms with E-state index in [1.807, 2.05) is 0 Å². The molecule has 0 aliphatic carbocycles. The lowest BCUT2D eigenvalue weighted by molar-refractivity contribution is -0.344. The van der Waals surface area contributed by atoms with Gasteiger partial charge in [0.2, 0.25) is 11.4 Å². The Labute approximate surface area is 416 Å². The largest absolute Gasteiger partial charge is 0.493 e. The van der Waals surface area contributed by atoms with Crippen LogP contribution in [0.25, 0.3) is 16.9 Å². The number of rotatable bonds is 43. The van der Waals surface area contributed by atoms with Crippen LogP contribution in [0.4, 0.5) is 0 Å². The molecule has 2 aromatic rings. The van der Waals surface area contributed by atoms with E-state index in [4.69, 9.17) is 0 Å². The second-order valence-electron chi connectivity index (χ2n) is 20.6. The maximum absolute atomic E-state index is 12.4. The number of allylic oxidation sites excluding steroid dienone is 4. The van der Waals surface area contributed by atoms with Gasteiger partial charge in [-0.1, -0.05) is 288 Å². The zero-order chi connectivity index (χ0) is 47.7. The molecule has 2 aromatic carbocycles. The van der Waals surface area contributed by atoms with Crippen molar-refractivity contribution in [3.05, 3.63) is 99.6 Å². The summed E-state index contributed by atoms with van der Waals surface area (Å²) >= 11 is 0. The summed E-state index contributed by atoms with van der Waals surface area (Å²) in [5.74, 6) is 7.24. The predicted molar refractivity (Wildman–Crippen MR) is 297 cm³/mol. The Morgan fingerprint density at radius 2 is 0.776 bits per heavy atom. The summed E-state index contributed by atoms with van der Waals surface area (Å²) in [5, 5.41) is 0. The van der Waals surface area contributed by atoms with Crippen molar-refractivity contribution in [2.24, 2.45) is 0 Å². The summed E-state index contributed by atoms with van der Waals surface area (Å²) in [4.78, 5) is 0. The minimum Gasteiger partial charge on any atom is -0.493 e. The summed E-state index contributed by atoms with van der Waals surface area (Å²) < 4.78 is 1.50. The molecule has 0 bridgehead atoms. The molecule has 0 unspecified atom stereocenters. The molecule has 0 N–H and O–H groups in total. The quantitative estimate of drug-likeness (QED) is 0.0360. The molecule has 0 amide bonds. The molecular formula is C65H104N2. The van der Waals surface area contributed by atoms with E-state index in [0.29, 0.717) is 0 Å². The third-order valence-electron chi connectivity index (χ3n) is 14.4. The van der Waals surface area contributed by atoms with Crippen molar-refractivity contribution >= 4 is 11.4 Å². The first-order chi connectivity index (χ1) is 33.1. The first-order valence-electron chi connectivity index (χ1n) is 29.5. The van der Waals surface area contributed by atoms with E-state index in [9.17, 15) is 5.53 Å². The molecule has 374 valence electrons. The normalized spacial score (nSPS) is 12.9. The second kappa shape index (κ2) is 40.7. The fourth-order valence-corrected chi connectivity index (χ4v) is 10.1. The Morgan fingerprint density at radius 3 is 1.19 bits per heavy atom. The summed E-state index contributed by atoms with van der Waals surface area (Å²) in [6.45, 7) is 9.14. The summed E-state index contributed by atoms with van der Waals surface area (Å²) in [7, 11) is 0. The lowest BCUT2D eigenvalue weighted by Crippen LogP contribution is -2.03. The monoisotopic (exact) mass is 913 g/mol. The average Bonchev–Trinajstić information content (AvgIpc) is 3.62. The van der Waals surface area contributed by atoms with Gasteiger partial charge in [-0.2, -0.15) is 0 Å². The molecule has 2 nitrogen and oxygen atoms in total. The average molecular weight is 914 g/mol. The Morgan fingerprint density at radius 1 is 0.418 bits per heavy atom. The fourth-order valence-electron chi connectivity index (χ4n) is 10.1. The van der Waals surface area contributed by atoms with Gasteiger partial charge in [-0.3, -0.25) is 0 Å². The van der Waals surface area contributed by atoms with Crippen LogP contribution in [-0.2, 0) is 12.8 Å². The van der Waals surface area contributed by atoms with Gasteiger partial charge in [-0.15, -0.1) is 0 Å². The topological polar surface area (TPSA) is 25.3 Å². The highest BCUT2D eigenvalue weighted by Crippen LogP contribution is 2.41. The van der Waals surface area contributed by atoms with Gasteiger partial charge in [0.25, 0.3) is 0 Å². The second-order valence-corrected chi connectivity index (χ2v) is 20.6. The third kappa shape index (κ3) is 26.4. The van der Waals surface area contributed by atoms with Crippen LogP contribution in [0.2, 0.25) is 0 Å². The Bertz CT molecular complexity index is 1710. The van der Waals surface area contributed by atoms with Gasteiger partial charge in [-0.25, -0.2) is 4.70 Å². The highest BCUT2D eigenvalue weighted by molar-refractivity contribution is 5.87. The van der Waals surface area contributed by atoms with Crippen LogP contribution in [0.3, 0.4) is 0 Å². The number of unbranched alkanes of at least 4 members (excludes halogenated alkanes) is 35. The van der Waals surface area contributed by atoms with Gasteiger partial charge >= 0.3 is 0 Å². The number of hydrogen-bond donors (Lipinski definition) is 0. The van der Waals surface area contributed by atoms with Crippen molar-refractivity contribution in [2.45, 2.75) is 291 Å². The molecule has 0 fully saturated rings. The van der Waals surface area contributed by atoms with Crippen molar-refractivity contribution < 1.29 is 4.70 Å². The van der Waals surface area contributed by atoms with Crippen LogP contribution >= 0.6 is 0 Å². The lowest BCUT2D eigenvalue weighted by atomic mass is 9.96. The van der Waals surface area contributed by atoms with Gasteiger partial charge in [0.05, 0.1) is 5.57 Å². The number of aryl methyl sites for hydroxylation is 2. The van der Waals surface area contributed by atoms with Gasteiger partial charge in [-0.05, 0) is 80.3 Å². The Balaban J connectivity index is 1.58. The van der Waals surface area contributed by atoms with Gasteiger partial charge in [0.1, 0.15) is 5.57 Å². The number of hydrogen-bond acceptors (Lipinski definition) is 0. The Kier molecular flexibility index (Phi) is 35.3. The van der Waals surface area contributed by atoms with E-state index >= 15 is 0 Å². The van der Waals surface area contributed by atoms with Crippen LogP contribution < -0.4 is 0 Å². The summed E-state index contributed by atoms with van der Waals surface area (Å²) in [6.07, 6.45) is 59.0. The fraction of sp³-hybridized carbons (Fsp3) is 0.692. The molecule has 0 spiro atoms. The molecule has 0 saturated carbocycles. The van der Waals surface area contributed by atoms with E-state index in [1.54, 1.807) is 0 Å². The first kappa shape index (κ1) is 58.1. The highest BCUT2D eigenvalue weighted by Gasteiger charge is 2.34. The minimum atomic E-state index is 0.841. The smallest absolute Gasteiger partial charge is 0.223 e. The van der Waals surface area contributed by atoms with Gasteiger partial charge in [0.15, 0.2) is 0 Å². The van der Waals surface area contributed by atoms with Crippen LogP contribution in [0, 0.1) is 11.8 Å². The van der Waals surface area contributed by atoms with E-state index in [2.05, 4.69) is 100 Å². The van der Waals surface area contributed by atoms with Crippen molar-refractivity contribution in [3.8, 4) is 11.8 Å². The number of nitrogens with zero attached hydrogens (tertiary/aromatic N) is 2. The van der Waals surface area contributed by atoms with E-state index in [-0.39, 0.29) is 0 Å². The van der Waals surface area contributed by atoms with Crippen LogP contribution in [0.1, 0.15) is 300 Å². The lowest BCUT2D eigenvalue weighted by Gasteiger charge is -2.11. The predicted octanol–water partition coefficient (Wildman–Crippen LogP) is 21.8. The maximum atomic E-state index is 12.4. The van der Waals surface area contributed by atoms with Crippen molar-refractivity contribution in [1.82, 2.24) is 0 Å². The first-order valence-corrected chi connectivity index (χ1v) is 29.5. The van der Waals surface area contributed by atoms with E-state index in [1.165, 1.54) is 247 Å². The third-order valence-corrected chi connectivity index (χ3v) is 14.4. The highest BCUT2D eigenvalue weighted by atomic mass is 15.2. The zero-order valence-corrected chi connectivity index (χ0v) is 44.7. The van der Waals surface area contributed by atoms with Crippen LogP contribution in [0.15, 0.2) is 71.8 Å². The molecule has 1 aliphatic heterocycles. The van der Waals surface area contributed by atoms with Crippen molar-refractivity contribution in [3.63, 3.8) is 0 Å². The number of benzene rings is 2. The molecule has 0 radical (unpaired) electrons. The molecule has 0 aromatic heterocycles. The van der Waals surface area contributed by atoms with E-state index in [0.717, 1.165) is 65.8 Å². The SMILES string of the molecule is CCCCCC#CC1=C(c2cccc(CCCCCCCC)c2)[N+](=[N-])C(c2cccc(CCCCCCCC)c2)=C1C=CCCCCCCCCCCCCCCCCCCCCCCCC. The van der Waals surface area contributed by atoms with Crippen LogP contribution in [-0.4, -0.2) is 4.70 Å². The summed E-state index contributed by atoms with van der Waals surface area (Å²) in [5.41, 5.74) is 21.0. The molecule has 0 atom stereocenters. The van der Waals surface area contributed by atoms with Crippen LogP contribution in [0.5, 0.6) is 0 Å². The van der Waals surface area contributed by atoms with Gasteiger partial charge < -0.3 is 5.53 Å². The van der Waals surface area contributed by atoms with Gasteiger partial charge in [0, 0.05) is 17.5 Å². The molecule has 1 aliphatic rings. The molecule has 3 rings (SSSR count). The molecule has 67 heavy (non-hydrogen) atoms. The maximum Gasteiger partial charge on any atom is 0.223 e. The molecule has 2 heteroatoms. The minimum absolute atomic E-state index is 0.841. The molecular weight excluding hydrogens is 809 g/mol. The zero-order valence-electron chi connectivity index (χ0n) is 44.7. The molecule has 1 heterocycles. The van der Waals surface area contributed by atoms with Crippen molar-refractivity contribution in [2.75, 3.05) is 0 Å².